The average Bonchev–Trinajstić information content (AvgIpc) is 3.38. The predicted molar refractivity (Wildman–Crippen MR) is 119 cm³/mol. The molecule has 0 radical (unpaired) electrons. The van der Waals surface area contributed by atoms with Crippen molar-refractivity contribution in [3.05, 3.63) is 42.1 Å². The lowest BCUT2D eigenvalue weighted by atomic mass is 10.0. The number of rotatable bonds is 9. The minimum Gasteiger partial charge on any atom is -0.390 e. The van der Waals surface area contributed by atoms with Crippen molar-refractivity contribution >= 4 is 21.9 Å². The Kier molecular flexibility index (Phi) is 7.57. The molecule has 186 valence electrons. The van der Waals surface area contributed by atoms with E-state index < -0.39 is 41.1 Å². The predicted octanol–water partition coefficient (Wildman–Crippen LogP) is 0.655. The molecule has 0 unspecified atom stereocenters. The van der Waals surface area contributed by atoms with E-state index in [1.807, 2.05) is 10.8 Å². The summed E-state index contributed by atoms with van der Waals surface area (Å²) < 4.78 is 48.4. The maximum Gasteiger partial charge on any atom is 0.333 e. The number of aliphatic hydroxyl groups is 1. The van der Waals surface area contributed by atoms with Crippen LogP contribution in [0.15, 0.2) is 30.7 Å². The fourth-order valence-corrected chi connectivity index (χ4v) is 4.73. The highest BCUT2D eigenvalue weighted by Gasteiger charge is 2.43. The molecule has 1 saturated carbocycles. The van der Waals surface area contributed by atoms with Crippen LogP contribution in [-0.4, -0.2) is 72.0 Å². The van der Waals surface area contributed by atoms with Crippen molar-refractivity contribution in [2.24, 2.45) is 17.0 Å². The SMILES string of the molecule is NS(=O)(=O)OC[C@H]1C[C@@H](Nc2ccnc(C(=O)c3ccn(CC4CCOCC4)c3)n2)[C@@H](F)[C@@H]1O. The Labute approximate surface area is 196 Å². The van der Waals surface area contributed by atoms with Crippen molar-refractivity contribution in [3.63, 3.8) is 0 Å². The van der Waals surface area contributed by atoms with Crippen molar-refractivity contribution in [1.82, 2.24) is 14.5 Å². The number of ketones is 1. The van der Waals surface area contributed by atoms with E-state index in [1.165, 1.54) is 12.3 Å². The number of aliphatic hydroxyl groups excluding tert-OH is 1. The van der Waals surface area contributed by atoms with Gasteiger partial charge in [0.05, 0.1) is 18.8 Å². The zero-order valence-corrected chi connectivity index (χ0v) is 19.2. The number of ether oxygens (including phenoxy) is 1. The van der Waals surface area contributed by atoms with Crippen molar-refractivity contribution in [2.75, 3.05) is 25.1 Å². The van der Waals surface area contributed by atoms with Gasteiger partial charge in [0.15, 0.2) is 0 Å². The second-order valence-corrected chi connectivity index (χ2v) is 9.93. The number of aromatic nitrogens is 3. The zero-order valence-electron chi connectivity index (χ0n) is 18.4. The molecule has 0 spiro atoms. The molecule has 11 nitrogen and oxygen atoms in total. The maximum atomic E-state index is 14.6. The fourth-order valence-electron chi connectivity index (χ4n) is 4.36. The minimum atomic E-state index is -4.20. The first-order valence-electron chi connectivity index (χ1n) is 11.1. The third-order valence-corrected chi connectivity index (χ3v) is 6.68. The molecular weight excluding hydrogens is 469 g/mol. The van der Waals surface area contributed by atoms with E-state index >= 15 is 0 Å². The van der Waals surface area contributed by atoms with Gasteiger partial charge in [0.1, 0.15) is 12.0 Å². The number of alkyl halides is 1. The maximum absolute atomic E-state index is 14.6. The second-order valence-electron chi connectivity index (χ2n) is 8.71. The average molecular weight is 498 g/mol. The number of nitrogens with zero attached hydrogens (tertiary/aromatic N) is 3. The molecule has 2 aliphatic rings. The van der Waals surface area contributed by atoms with E-state index in [9.17, 15) is 22.7 Å². The molecule has 0 bridgehead atoms. The topological polar surface area (TPSA) is 159 Å². The minimum absolute atomic E-state index is 0.0446. The van der Waals surface area contributed by atoms with Crippen LogP contribution < -0.4 is 10.5 Å². The molecule has 0 amide bonds. The zero-order chi connectivity index (χ0) is 24.3. The van der Waals surface area contributed by atoms with Gasteiger partial charge in [-0.05, 0) is 37.3 Å². The number of nitrogens with one attached hydrogen (secondary N) is 1. The lowest BCUT2D eigenvalue weighted by Crippen LogP contribution is -2.32. The van der Waals surface area contributed by atoms with Gasteiger partial charge in [0.25, 0.3) is 0 Å². The van der Waals surface area contributed by atoms with E-state index in [0.717, 1.165) is 32.6 Å². The molecule has 4 atom stereocenters. The molecule has 1 aliphatic carbocycles. The van der Waals surface area contributed by atoms with Crippen molar-refractivity contribution < 1.29 is 31.6 Å². The number of carbonyl (C=O) groups excluding carboxylic acids is 1. The van der Waals surface area contributed by atoms with E-state index in [1.54, 1.807) is 12.3 Å². The van der Waals surface area contributed by atoms with Gasteiger partial charge in [-0.2, -0.15) is 8.42 Å². The van der Waals surface area contributed by atoms with Crippen LogP contribution in [0.3, 0.4) is 0 Å². The van der Waals surface area contributed by atoms with Crippen LogP contribution >= 0.6 is 0 Å². The lowest BCUT2D eigenvalue weighted by Gasteiger charge is -2.22. The molecule has 3 heterocycles. The molecule has 2 fully saturated rings. The van der Waals surface area contributed by atoms with Gasteiger partial charge in [-0.25, -0.2) is 19.5 Å². The summed E-state index contributed by atoms with van der Waals surface area (Å²) in [4.78, 5) is 21.2. The van der Waals surface area contributed by atoms with E-state index in [4.69, 9.17) is 9.88 Å². The first-order valence-corrected chi connectivity index (χ1v) is 12.5. The van der Waals surface area contributed by atoms with Gasteiger partial charge >= 0.3 is 10.3 Å². The molecular formula is C21H28FN5O6S. The van der Waals surface area contributed by atoms with Gasteiger partial charge in [-0.1, -0.05) is 0 Å². The van der Waals surface area contributed by atoms with Gasteiger partial charge in [0, 0.05) is 49.8 Å². The van der Waals surface area contributed by atoms with Crippen molar-refractivity contribution in [1.29, 1.82) is 0 Å². The van der Waals surface area contributed by atoms with Crippen LogP contribution in [0, 0.1) is 11.8 Å². The van der Waals surface area contributed by atoms with Gasteiger partial charge in [-0.15, -0.1) is 0 Å². The number of hydrogen-bond donors (Lipinski definition) is 3. The van der Waals surface area contributed by atoms with Crippen LogP contribution in [0.5, 0.6) is 0 Å². The van der Waals surface area contributed by atoms with Gasteiger partial charge in [0.2, 0.25) is 11.6 Å². The van der Waals surface area contributed by atoms with Crippen LogP contribution in [0.4, 0.5) is 10.2 Å². The number of halogens is 1. The largest absolute Gasteiger partial charge is 0.390 e. The molecule has 2 aromatic rings. The molecule has 2 aromatic heterocycles. The summed E-state index contributed by atoms with van der Waals surface area (Å²) in [6.45, 7) is 1.88. The monoisotopic (exact) mass is 497 g/mol. The molecule has 0 aromatic carbocycles. The summed E-state index contributed by atoms with van der Waals surface area (Å²) in [5.74, 6) is -0.464. The number of anilines is 1. The fraction of sp³-hybridized carbons (Fsp3) is 0.571. The Balaban J connectivity index is 1.38. The Bertz CT molecular complexity index is 1110. The molecule has 1 saturated heterocycles. The number of hydrogen-bond acceptors (Lipinski definition) is 9. The summed E-state index contributed by atoms with van der Waals surface area (Å²) in [5, 5.41) is 17.7. The number of carbonyl (C=O) groups is 1. The van der Waals surface area contributed by atoms with E-state index in [0.29, 0.717) is 11.5 Å². The Morgan fingerprint density at radius 1 is 1.35 bits per heavy atom. The normalized spacial score (nSPS) is 26.0. The summed E-state index contributed by atoms with van der Waals surface area (Å²) in [7, 11) is -4.20. The third-order valence-electron chi connectivity index (χ3n) is 6.21. The molecule has 34 heavy (non-hydrogen) atoms. The van der Waals surface area contributed by atoms with Gasteiger partial charge in [-0.3, -0.25) is 8.98 Å². The third kappa shape index (κ3) is 6.16. The first kappa shape index (κ1) is 24.7. The van der Waals surface area contributed by atoms with Crippen LogP contribution in [0.1, 0.15) is 35.4 Å². The molecule has 4 N–H and O–H groups in total. The van der Waals surface area contributed by atoms with Crippen LogP contribution in [0.2, 0.25) is 0 Å². The summed E-state index contributed by atoms with van der Waals surface area (Å²) in [6.07, 6.45) is 3.93. The lowest BCUT2D eigenvalue weighted by molar-refractivity contribution is 0.0501. The van der Waals surface area contributed by atoms with Crippen molar-refractivity contribution in [3.8, 4) is 0 Å². The smallest absolute Gasteiger partial charge is 0.333 e. The van der Waals surface area contributed by atoms with Crippen molar-refractivity contribution in [2.45, 2.75) is 44.1 Å². The molecule has 13 heteroatoms. The Morgan fingerprint density at radius 3 is 2.85 bits per heavy atom. The van der Waals surface area contributed by atoms with E-state index in [2.05, 4.69) is 19.5 Å². The molecule has 1 aliphatic heterocycles. The summed E-state index contributed by atoms with van der Waals surface area (Å²) in [6, 6.07) is 2.34. The number of nitrogens with two attached hydrogens (primary N) is 1. The van der Waals surface area contributed by atoms with Gasteiger partial charge < -0.3 is 19.7 Å². The molecule has 4 rings (SSSR count). The highest BCUT2D eigenvalue weighted by molar-refractivity contribution is 7.84. The standard InChI is InChI=1S/C21H28FN5O6S/c22-18-16(9-15(19(18)28)12-33-34(23,30)31)25-17-1-5-24-21(26-17)20(29)14-2-6-27(11-14)10-13-3-7-32-8-4-13/h1-2,5-6,11,13,15-16,18-19,28H,3-4,7-10,12H2,(H2,23,30,31)(H,24,25,26)/t15-,16-,18-,19-/m1/s1. The Morgan fingerprint density at radius 2 is 2.12 bits per heavy atom. The summed E-state index contributed by atoms with van der Waals surface area (Å²) in [5.41, 5.74) is 0.448. The van der Waals surface area contributed by atoms with Crippen LogP contribution in [-0.2, 0) is 25.8 Å². The van der Waals surface area contributed by atoms with E-state index in [-0.39, 0.29) is 23.8 Å². The first-order chi connectivity index (χ1) is 16.2. The summed E-state index contributed by atoms with van der Waals surface area (Å²) >= 11 is 0. The quantitative estimate of drug-likeness (QED) is 0.423. The van der Waals surface area contributed by atoms with Crippen LogP contribution in [0.25, 0.3) is 0 Å². The Hall–Kier alpha value is -2.45. The second kappa shape index (κ2) is 10.4. The highest BCUT2D eigenvalue weighted by Crippen LogP contribution is 2.31. The highest BCUT2D eigenvalue weighted by atomic mass is 32.2.